The van der Waals surface area contributed by atoms with E-state index in [4.69, 9.17) is 5.73 Å². The second kappa shape index (κ2) is 3.43. The van der Waals surface area contributed by atoms with Crippen LogP contribution < -0.4 is 5.73 Å². The summed E-state index contributed by atoms with van der Waals surface area (Å²) >= 11 is 0. The Hall–Kier alpha value is -0.940. The fourth-order valence-electron chi connectivity index (χ4n) is 1.02. The molecule has 0 aliphatic heterocycles. The number of nitrogens with two attached hydrogens (primary N) is 1. The lowest BCUT2D eigenvalue weighted by Crippen LogP contribution is -2.37. The highest BCUT2D eigenvalue weighted by Crippen LogP contribution is 2.09. The Bertz CT molecular complexity index is 292. The van der Waals surface area contributed by atoms with Gasteiger partial charge in [-0.25, -0.2) is 0 Å². The molecule has 0 saturated carbocycles. The monoisotopic (exact) mass is 184 g/mol. The molecule has 0 aliphatic carbocycles. The summed E-state index contributed by atoms with van der Waals surface area (Å²) in [5.41, 5.74) is 4.51. The molecule has 1 heterocycles. The van der Waals surface area contributed by atoms with Gasteiger partial charge in [-0.05, 0) is 13.8 Å². The standard InChI is InChI=1S/C8H16N4O/c1-6-10-11-7(12(6)3)4-8(2,13)5-9/h13H,4-5,9H2,1-3H3. The quantitative estimate of drug-likeness (QED) is 0.656. The van der Waals surface area contributed by atoms with Crippen molar-refractivity contribution in [3.63, 3.8) is 0 Å². The zero-order valence-corrected chi connectivity index (χ0v) is 8.28. The highest BCUT2D eigenvalue weighted by Gasteiger charge is 2.21. The van der Waals surface area contributed by atoms with Gasteiger partial charge >= 0.3 is 0 Å². The molecule has 13 heavy (non-hydrogen) atoms. The van der Waals surface area contributed by atoms with Crippen LogP contribution in [0.25, 0.3) is 0 Å². The Morgan fingerprint density at radius 2 is 2.15 bits per heavy atom. The lowest BCUT2D eigenvalue weighted by atomic mass is 10.0. The third-order valence-corrected chi connectivity index (χ3v) is 2.16. The summed E-state index contributed by atoms with van der Waals surface area (Å²) in [6.45, 7) is 3.78. The highest BCUT2D eigenvalue weighted by molar-refractivity contribution is 4.97. The number of rotatable bonds is 3. The largest absolute Gasteiger partial charge is 0.388 e. The Balaban J connectivity index is 2.80. The fraction of sp³-hybridized carbons (Fsp3) is 0.750. The number of aliphatic hydroxyl groups is 1. The van der Waals surface area contributed by atoms with Gasteiger partial charge in [-0.1, -0.05) is 0 Å². The molecule has 0 fully saturated rings. The molecule has 1 aromatic heterocycles. The van der Waals surface area contributed by atoms with Crippen LogP contribution in [0.15, 0.2) is 0 Å². The van der Waals surface area contributed by atoms with Crippen LogP contribution in [0.4, 0.5) is 0 Å². The smallest absolute Gasteiger partial charge is 0.135 e. The van der Waals surface area contributed by atoms with Crippen molar-refractivity contribution in [2.24, 2.45) is 12.8 Å². The van der Waals surface area contributed by atoms with Crippen LogP contribution in [-0.4, -0.2) is 32.0 Å². The molecule has 1 aromatic rings. The maximum atomic E-state index is 9.70. The summed E-state index contributed by atoms with van der Waals surface area (Å²) in [4.78, 5) is 0. The van der Waals surface area contributed by atoms with Gasteiger partial charge in [0.2, 0.25) is 0 Å². The van der Waals surface area contributed by atoms with Crippen molar-refractivity contribution < 1.29 is 5.11 Å². The van der Waals surface area contributed by atoms with Gasteiger partial charge in [0.1, 0.15) is 11.6 Å². The first-order valence-electron chi connectivity index (χ1n) is 4.23. The SMILES string of the molecule is Cc1nnc(CC(C)(O)CN)n1C. The number of hydrogen-bond acceptors (Lipinski definition) is 4. The van der Waals surface area contributed by atoms with E-state index in [0.717, 1.165) is 11.6 Å². The fourth-order valence-corrected chi connectivity index (χ4v) is 1.02. The van der Waals surface area contributed by atoms with Gasteiger partial charge in [-0.15, -0.1) is 10.2 Å². The van der Waals surface area contributed by atoms with Crippen molar-refractivity contribution in [3.8, 4) is 0 Å². The first kappa shape index (κ1) is 10.1. The Kier molecular flexibility index (Phi) is 2.68. The number of hydrogen-bond donors (Lipinski definition) is 2. The van der Waals surface area contributed by atoms with Gasteiger partial charge in [0.25, 0.3) is 0 Å². The number of aromatic nitrogens is 3. The van der Waals surface area contributed by atoms with Gasteiger partial charge < -0.3 is 15.4 Å². The van der Waals surface area contributed by atoms with E-state index in [1.807, 2.05) is 18.5 Å². The van der Waals surface area contributed by atoms with Gasteiger partial charge in [-0.2, -0.15) is 0 Å². The minimum atomic E-state index is -0.896. The second-order valence-corrected chi connectivity index (χ2v) is 3.60. The molecule has 0 bridgehead atoms. The normalized spacial score (nSPS) is 15.8. The topological polar surface area (TPSA) is 77.0 Å². The van der Waals surface area contributed by atoms with Crippen molar-refractivity contribution in [2.45, 2.75) is 25.9 Å². The van der Waals surface area contributed by atoms with Crippen molar-refractivity contribution in [1.82, 2.24) is 14.8 Å². The van der Waals surface area contributed by atoms with Crippen LogP contribution in [0.3, 0.4) is 0 Å². The molecule has 1 atom stereocenters. The minimum absolute atomic E-state index is 0.221. The maximum Gasteiger partial charge on any atom is 0.135 e. The van der Waals surface area contributed by atoms with Crippen LogP contribution in [0, 0.1) is 6.92 Å². The van der Waals surface area contributed by atoms with E-state index in [1.54, 1.807) is 6.92 Å². The summed E-state index contributed by atoms with van der Waals surface area (Å²) in [5.74, 6) is 1.59. The Morgan fingerprint density at radius 3 is 2.54 bits per heavy atom. The molecule has 0 saturated heterocycles. The van der Waals surface area contributed by atoms with E-state index >= 15 is 0 Å². The molecule has 5 heteroatoms. The van der Waals surface area contributed by atoms with E-state index in [2.05, 4.69) is 10.2 Å². The van der Waals surface area contributed by atoms with Crippen molar-refractivity contribution in [3.05, 3.63) is 11.6 Å². The zero-order valence-electron chi connectivity index (χ0n) is 8.28. The molecule has 74 valence electrons. The zero-order chi connectivity index (χ0) is 10.1. The lowest BCUT2D eigenvalue weighted by Gasteiger charge is -2.19. The molecule has 0 amide bonds. The highest BCUT2D eigenvalue weighted by atomic mass is 16.3. The van der Waals surface area contributed by atoms with Crippen molar-refractivity contribution >= 4 is 0 Å². The molecule has 5 nitrogen and oxygen atoms in total. The molecule has 0 spiro atoms. The summed E-state index contributed by atoms with van der Waals surface area (Å²) in [6.07, 6.45) is 0.431. The summed E-state index contributed by atoms with van der Waals surface area (Å²) in [6, 6.07) is 0. The molecule has 0 aliphatic rings. The lowest BCUT2D eigenvalue weighted by molar-refractivity contribution is 0.0667. The van der Waals surface area contributed by atoms with E-state index in [9.17, 15) is 5.11 Å². The molecule has 1 rings (SSSR count). The third-order valence-electron chi connectivity index (χ3n) is 2.16. The van der Waals surface area contributed by atoms with Gasteiger partial charge in [-0.3, -0.25) is 0 Å². The molecule has 0 aromatic carbocycles. The van der Waals surface area contributed by atoms with E-state index in [0.29, 0.717) is 6.42 Å². The first-order valence-corrected chi connectivity index (χ1v) is 4.23. The average molecular weight is 184 g/mol. The molecule has 3 N–H and O–H groups in total. The van der Waals surface area contributed by atoms with Crippen LogP contribution >= 0.6 is 0 Å². The molecular weight excluding hydrogens is 168 g/mol. The number of aryl methyl sites for hydroxylation is 1. The molecule has 0 radical (unpaired) electrons. The summed E-state index contributed by atoms with van der Waals surface area (Å²) in [5, 5.41) is 17.5. The molecule has 1 unspecified atom stereocenters. The van der Waals surface area contributed by atoms with Crippen LogP contribution in [0.2, 0.25) is 0 Å². The molecular formula is C8H16N4O. The van der Waals surface area contributed by atoms with Gasteiger partial charge in [0.05, 0.1) is 5.60 Å². The Morgan fingerprint density at radius 1 is 1.54 bits per heavy atom. The summed E-state index contributed by atoms with van der Waals surface area (Å²) < 4.78 is 1.85. The van der Waals surface area contributed by atoms with E-state index < -0.39 is 5.60 Å². The summed E-state index contributed by atoms with van der Waals surface area (Å²) in [7, 11) is 1.87. The average Bonchev–Trinajstić information content (AvgIpc) is 2.36. The van der Waals surface area contributed by atoms with Crippen molar-refractivity contribution in [1.29, 1.82) is 0 Å². The van der Waals surface area contributed by atoms with Crippen molar-refractivity contribution in [2.75, 3.05) is 6.54 Å². The van der Waals surface area contributed by atoms with Crippen LogP contribution in [0.5, 0.6) is 0 Å². The minimum Gasteiger partial charge on any atom is -0.388 e. The number of nitrogens with zero attached hydrogens (tertiary/aromatic N) is 3. The van der Waals surface area contributed by atoms with E-state index in [-0.39, 0.29) is 6.54 Å². The van der Waals surface area contributed by atoms with Gasteiger partial charge in [0.15, 0.2) is 0 Å². The second-order valence-electron chi connectivity index (χ2n) is 3.60. The van der Waals surface area contributed by atoms with E-state index in [1.165, 1.54) is 0 Å². The predicted molar refractivity (Wildman–Crippen MR) is 49.1 cm³/mol. The Labute approximate surface area is 77.6 Å². The van der Waals surface area contributed by atoms with Crippen LogP contribution in [0.1, 0.15) is 18.6 Å². The first-order chi connectivity index (χ1) is 5.96. The predicted octanol–water partition coefficient (Wildman–Crippen LogP) is -0.624. The van der Waals surface area contributed by atoms with Gasteiger partial charge in [0, 0.05) is 20.0 Å². The van der Waals surface area contributed by atoms with Crippen LogP contribution in [-0.2, 0) is 13.5 Å². The third kappa shape index (κ3) is 2.26. The maximum absolute atomic E-state index is 9.70.